The van der Waals surface area contributed by atoms with E-state index in [-0.39, 0.29) is 42.7 Å². The Bertz CT molecular complexity index is 717. The highest BCUT2D eigenvalue weighted by Crippen LogP contribution is 2.12. The Morgan fingerprint density at radius 2 is 1.21 bits per heavy atom. The fourth-order valence-electron chi connectivity index (χ4n) is 4.70. The van der Waals surface area contributed by atoms with Gasteiger partial charge in [0.1, 0.15) is 12.6 Å². The van der Waals surface area contributed by atoms with E-state index in [9.17, 15) is 19.5 Å². The van der Waals surface area contributed by atoms with Crippen LogP contribution in [0.25, 0.3) is 0 Å². The van der Waals surface area contributed by atoms with E-state index in [0.717, 1.165) is 57.8 Å². The number of hydrogen-bond donors (Lipinski definition) is 0. The quantitative estimate of drug-likeness (QED) is 0.0432. The summed E-state index contributed by atoms with van der Waals surface area (Å²) in [6, 6.07) is -0.720. The molecule has 0 aliphatic heterocycles. The number of likely N-dealkylation sites (N-methyl/N-ethyl adjacent to an activating group) is 1. The van der Waals surface area contributed by atoms with Crippen LogP contribution in [0.2, 0.25) is 0 Å². The predicted molar refractivity (Wildman–Crippen MR) is 167 cm³/mol. The predicted octanol–water partition coefficient (Wildman–Crippen LogP) is 6.29. The molecule has 0 rings (SSSR count). The molecule has 0 aromatic heterocycles. The van der Waals surface area contributed by atoms with Crippen molar-refractivity contribution in [1.82, 2.24) is 0 Å². The number of aliphatic carboxylic acids is 1. The summed E-state index contributed by atoms with van der Waals surface area (Å²) in [6.07, 6.45) is 22.4. The smallest absolute Gasteiger partial charge is 0.306 e. The molecule has 8 nitrogen and oxygen atoms in total. The summed E-state index contributed by atoms with van der Waals surface area (Å²) < 4.78 is 16.9. The molecule has 0 aromatic rings. The van der Waals surface area contributed by atoms with Crippen molar-refractivity contribution in [2.24, 2.45) is 0 Å². The highest BCUT2D eigenvalue weighted by molar-refractivity contribution is 5.70. The molecule has 0 saturated carbocycles. The second-order valence-electron chi connectivity index (χ2n) is 12.4. The first-order valence-corrected chi connectivity index (χ1v) is 16.7. The van der Waals surface area contributed by atoms with Gasteiger partial charge >= 0.3 is 11.9 Å². The van der Waals surface area contributed by atoms with E-state index in [1.165, 1.54) is 44.9 Å². The van der Waals surface area contributed by atoms with Crippen molar-refractivity contribution in [1.29, 1.82) is 0 Å². The van der Waals surface area contributed by atoms with Gasteiger partial charge in [-0.15, -0.1) is 0 Å². The van der Waals surface area contributed by atoms with Crippen LogP contribution in [0.1, 0.15) is 136 Å². The Balaban J connectivity index is 4.51. The van der Waals surface area contributed by atoms with E-state index < -0.39 is 18.1 Å². The summed E-state index contributed by atoms with van der Waals surface area (Å²) in [5.74, 6) is -1.76. The molecule has 0 spiro atoms. The fourth-order valence-corrected chi connectivity index (χ4v) is 4.70. The molecular weight excluding hydrogens is 534 g/mol. The topological polar surface area (TPSA) is 102 Å². The van der Waals surface area contributed by atoms with Crippen LogP contribution in [0.3, 0.4) is 0 Å². The van der Waals surface area contributed by atoms with Crippen LogP contribution in [-0.2, 0) is 28.6 Å². The van der Waals surface area contributed by atoms with Crippen molar-refractivity contribution in [2.75, 3.05) is 41.0 Å². The summed E-state index contributed by atoms with van der Waals surface area (Å²) >= 11 is 0. The molecule has 0 saturated heterocycles. The van der Waals surface area contributed by atoms with Gasteiger partial charge in [0.15, 0.2) is 6.10 Å². The third kappa shape index (κ3) is 24.6. The Kier molecular flexibility index (Phi) is 25.5. The van der Waals surface area contributed by atoms with Crippen LogP contribution in [0.5, 0.6) is 0 Å². The number of unbranched alkanes of at least 4 members (excludes halogenated alkanes) is 13. The van der Waals surface area contributed by atoms with Gasteiger partial charge in [0.05, 0.1) is 40.3 Å². The van der Waals surface area contributed by atoms with Gasteiger partial charge in [-0.1, -0.05) is 96.6 Å². The van der Waals surface area contributed by atoms with Crippen LogP contribution in [0.4, 0.5) is 0 Å². The molecular formula is C34H63NO7. The van der Waals surface area contributed by atoms with Crippen molar-refractivity contribution >= 4 is 17.9 Å². The van der Waals surface area contributed by atoms with Crippen LogP contribution in [0, 0.1) is 0 Å². The lowest BCUT2D eigenvalue weighted by molar-refractivity contribution is -0.889. The highest BCUT2D eigenvalue weighted by atomic mass is 16.6. The number of allylic oxidation sites excluding steroid dienone is 2. The van der Waals surface area contributed by atoms with Gasteiger partial charge in [-0.3, -0.25) is 9.59 Å². The van der Waals surface area contributed by atoms with Gasteiger partial charge in [0, 0.05) is 19.3 Å². The van der Waals surface area contributed by atoms with Gasteiger partial charge in [-0.05, 0) is 32.1 Å². The summed E-state index contributed by atoms with van der Waals surface area (Å²) in [6.45, 7) is 4.55. The molecule has 0 heterocycles. The highest BCUT2D eigenvalue weighted by Gasteiger charge is 2.25. The Morgan fingerprint density at radius 3 is 1.79 bits per heavy atom. The number of carbonyl (C=O) groups is 3. The largest absolute Gasteiger partial charge is 0.544 e. The molecule has 0 aromatic carbocycles. The molecule has 0 aliphatic rings. The summed E-state index contributed by atoms with van der Waals surface area (Å²) in [5.41, 5.74) is 0. The molecule has 0 N–H and O–H groups in total. The van der Waals surface area contributed by atoms with Gasteiger partial charge in [-0.2, -0.15) is 0 Å². The first-order chi connectivity index (χ1) is 20.1. The van der Waals surface area contributed by atoms with Crippen molar-refractivity contribution in [3.05, 3.63) is 12.2 Å². The number of nitrogens with zero attached hydrogens (tertiary/aromatic N) is 1. The van der Waals surface area contributed by atoms with Crippen molar-refractivity contribution in [3.63, 3.8) is 0 Å². The molecule has 42 heavy (non-hydrogen) atoms. The first-order valence-electron chi connectivity index (χ1n) is 16.7. The summed E-state index contributed by atoms with van der Waals surface area (Å²) in [7, 11) is 5.38. The Morgan fingerprint density at radius 1 is 0.690 bits per heavy atom. The minimum absolute atomic E-state index is 0.0397. The van der Waals surface area contributed by atoms with E-state index in [2.05, 4.69) is 26.0 Å². The van der Waals surface area contributed by atoms with Crippen LogP contribution < -0.4 is 5.11 Å². The zero-order chi connectivity index (χ0) is 31.5. The van der Waals surface area contributed by atoms with E-state index in [1.54, 1.807) is 21.1 Å². The van der Waals surface area contributed by atoms with E-state index in [0.29, 0.717) is 12.8 Å². The number of quaternary nitrogens is 1. The molecule has 2 atom stereocenters. The molecule has 0 bridgehead atoms. The van der Waals surface area contributed by atoms with Crippen LogP contribution in [0.15, 0.2) is 12.2 Å². The van der Waals surface area contributed by atoms with Crippen LogP contribution in [-0.4, -0.2) is 75.5 Å². The number of carbonyl (C=O) groups excluding carboxylic acids is 3. The van der Waals surface area contributed by atoms with Gasteiger partial charge in [-0.25, -0.2) is 0 Å². The zero-order valence-corrected chi connectivity index (χ0v) is 27.7. The van der Waals surface area contributed by atoms with E-state index >= 15 is 0 Å². The SMILES string of the molecule is CCCC/C=C/CCCCCCC(=O)OC(COCCC(C(=O)[O-])[N+](C)(C)C)COC(=O)CCCCCCCCCC. The average Bonchev–Trinajstić information content (AvgIpc) is 2.92. The minimum atomic E-state index is -1.13. The zero-order valence-electron chi connectivity index (χ0n) is 27.7. The minimum Gasteiger partial charge on any atom is -0.544 e. The number of esters is 2. The van der Waals surface area contributed by atoms with E-state index in [4.69, 9.17) is 14.2 Å². The molecule has 0 amide bonds. The number of carboxylic acid groups (broad SMARTS) is 1. The molecule has 0 radical (unpaired) electrons. The molecule has 246 valence electrons. The number of hydrogen-bond acceptors (Lipinski definition) is 7. The summed E-state index contributed by atoms with van der Waals surface area (Å²) in [4.78, 5) is 36.3. The average molecular weight is 598 g/mol. The maximum Gasteiger partial charge on any atom is 0.306 e. The fraction of sp³-hybridized carbons (Fsp3) is 0.853. The van der Waals surface area contributed by atoms with Crippen molar-refractivity contribution in [2.45, 2.75) is 148 Å². The second-order valence-corrected chi connectivity index (χ2v) is 12.4. The van der Waals surface area contributed by atoms with Gasteiger partial charge in [0.25, 0.3) is 0 Å². The standard InChI is InChI=1S/C34H63NO7/c1-6-8-10-12-14-16-17-19-21-23-25-33(37)42-30(28-40-27-26-31(34(38)39)35(3,4)5)29-41-32(36)24-22-20-18-15-13-11-9-7-2/h12,14,30-31H,6-11,13,15-29H2,1-5H3/b14-12+. The maximum absolute atomic E-state index is 12.5. The lowest BCUT2D eigenvalue weighted by atomic mass is 10.1. The van der Waals surface area contributed by atoms with Crippen LogP contribution >= 0.6 is 0 Å². The lowest BCUT2D eigenvalue weighted by Crippen LogP contribution is -2.55. The van der Waals surface area contributed by atoms with Crippen molar-refractivity contribution < 1.29 is 38.2 Å². The number of carboxylic acids is 1. The van der Waals surface area contributed by atoms with Gasteiger partial charge < -0.3 is 28.6 Å². The van der Waals surface area contributed by atoms with E-state index in [1.807, 2.05) is 0 Å². The maximum atomic E-state index is 12.5. The monoisotopic (exact) mass is 597 g/mol. The second kappa shape index (κ2) is 26.7. The Labute approximate surface area is 257 Å². The molecule has 0 fully saturated rings. The Hall–Kier alpha value is -1.93. The number of ether oxygens (including phenoxy) is 3. The third-order valence-electron chi connectivity index (χ3n) is 7.40. The molecule has 2 unspecified atom stereocenters. The summed E-state index contributed by atoms with van der Waals surface area (Å²) in [5, 5.41) is 11.5. The van der Waals surface area contributed by atoms with Gasteiger partial charge in [0.2, 0.25) is 0 Å². The normalized spacial score (nSPS) is 13.3. The molecule has 8 heteroatoms. The lowest BCUT2D eigenvalue weighted by Gasteiger charge is -2.34. The third-order valence-corrected chi connectivity index (χ3v) is 7.40. The molecule has 0 aliphatic carbocycles. The first kappa shape index (κ1) is 40.1. The number of rotatable bonds is 29. The van der Waals surface area contributed by atoms with Crippen molar-refractivity contribution in [3.8, 4) is 0 Å².